The number of aromatic hydroxyl groups is 1. The highest BCUT2D eigenvalue weighted by molar-refractivity contribution is 6.08. The fraction of sp³-hybridized carbons (Fsp3) is 0.429. The minimum atomic E-state index is -1.24. The predicted octanol–water partition coefficient (Wildman–Crippen LogP) is 1.39. The van der Waals surface area contributed by atoms with Crippen LogP contribution in [0.4, 0.5) is 4.79 Å². The molecule has 0 saturated carbocycles. The Morgan fingerprint density at radius 3 is 2.71 bits per heavy atom. The molecule has 2 aromatic rings. The first kappa shape index (κ1) is 32.0. The number of phenols is 1. The van der Waals surface area contributed by atoms with Crippen LogP contribution in [0.3, 0.4) is 0 Å². The van der Waals surface area contributed by atoms with Crippen LogP contribution in [0.1, 0.15) is 22.8 Å². The second-order valence-electron chi connectivity index (χ2n) is 12.1. The van der Waals surface area contributed by atoms with Crippen LogP contribution in [0.15, 0.2) is 47.6 Å². The van der Waals surface area contributed by atoms with Crippen molar-refractivity contribution in [2.45, 2.75) is 74.5 Å². The van der Waals surface area contributed by atoms with Crippen LogP contribution in [0.2, 0.25) is 0 Å². The van der Waals surface area contributed by atoms with Gasteiger partial charge in [0.05, 0.1) is 19.3 Å². The molecule has 0 aromatic heterocycles. The van der Waals surface area contributed by atoms with Crippen molar-refractivity contribution < 1.29 is 58.1 Å². The Labute approximate surface area is 275 Å². The number of aryl methyl sites for hydroxylation is 1. The Bertz CT molecular complexity index is 1880. The molecule has 10 unspecified atom stereocenters. The smallest absolute Gasteiger partial charge is 0.507 e. The normalized spacial score (nSPS) is 34.6. The lowest BCUT2D eigenvalue weighted by molar-refractivity contribution is -0.273. The Morgan fingerprint density at radius 2 is 1.98 bits per heavy atom. The third kappa shape index (κ3) is 5.35. The molecule has 48 heavy (non-hydrogen) atoms. The first-order valence-corrected chi connectivity index (χ1v) is 15.4. The summed E-state index contributed by atoms with van der Waals surface area (Å²) in [6, 6.07) is 5.74. The number of aliphatic hydroxyl groups excluding tert-OH is 2. The number of likely N-dealkylation sites (N-methyl/N-ethyl adjacent to an activating group) is 1. The predicted molar refractivity (Wildman–Crippen MR) is 166 cm³/mol. The monoisotopic (exact) mass is 659 g/mol. The van der Waals surface area contributed by atoms with E-state index in [1.807, 2.05) is 13.0 Å². The molecular weight excluding hydrogens is 626 g/mol. The Kier molecular flexibility index (Phi) is 8.08. The zero-order valence-electron chi connectivity index (χ0n) is 26.4. The van der Waals surface area contributed by atoms with Gasteiger partial charge in [0, 0.05) is 16.5 Å². The van der Waals surface area contributed by atoms with Gasteiger partial charge < -0.3 is 53.8 Å². The maximum Gasteiger partial charge on any atom is 0.508 e. The fourth-order valence-electron chi connectivity index (χ4n) is 6.50. The number of carbonyl (C=O) groups is 2. The third-order valence-electron chi connectivity index (χ3n) is 9.23. The lowest BCUT2D eigenvalue weighted by Crippen LogP contribution is -2.62. The molecule has 4 N–H and O–H groups in total. The molecule has 10 atom stereocenters. The molecule has 13 heteroatoms. The highest BCUT2D eigenvalue weighted by Crippen LogP contribution is 2.44. The summed E-state index contributed by atoms with van der Waals surface area (Å²) in [7, 11) is 3.10. The Balaban J connectivity index is 1.27. The molecule has 3 aliphatic heterocycles. The van der Waals surface area contributed by atoms with Gasteiger partial charge >= 0.3 is 12.1 Å². The van der Waals surface area contributed by atoms with Gasteiger partial charge in [-0.25, -0.2) is 9.59 Å². The molecule has 0 amide bonds. The highest BCUT2D eigenvalue weighted by atomic mass is 16.8. The van der Waals surface area contributed by atoms with Gasteiger partial charge in [-0.2, -0.15) is 0 Å². The average molecular weight is 660 g/mol. The van der Waals surface area contributed by atoms with Gasteiger partial charge in [0.2, 0.25) is 5.60 Å². The molecule has 0 bridgehead atoms. The highest BCUT2D eigenvalue weighted by Gasteiger charge is 2.65. The van der Waals surface area contributed by atoms with E-state index in [1.54, 1.807) is 38.3 Å². The number of cyclic esters (lactones) is 2. The molecule has 5 aliphatic rings. The molecule has 3 saturated heterocycles. The summed E-state index contributed by atoms with van der Waals surface area (Å²) in [5.41, 5.74) is 0.400. The average Bonchev–Trinajstić information content (AvgIpc) is 3.39. The largest absolute Gasteiger partial charge is 0.508 e. The van der Waals surface area contributed by atoms with Crippen molar-refractivity contribution in [2.75, 3.05) is 20.8 Å². The Hall–Kier alpha value is -4.60. The lowest BCUT2D eigenvalue weighted by Gasteiger charge is -2.42. The van der Waals surface area contributed by atoms with E-state index in [0.29, 0.717) is 22.3 Å². The third-order valence-corrected chi connectivity index (χ3v) is 9.23. The molecule has 250 valence electrons. The van der Waals surface area contributed by atoms with Gasteiger partial charge in [0.25, 0.3) is 0 Å². The van der Waals surface area contributed by atoms with E-state index in [9.17, 15) is 24.9 Å². The van der Waals surface area contributed by atoms with Gasteiger partial charge in [-0.15, -0.1) is 0 Å². The number of epoxide rings is 1. The second-order valence-corrected chi connectivity index (χ2v) is 12.1. The topological polar surface area (TPSA) is 175 Å². The number of aliphatic hydroxyl groups is 2. The van der Waals surface area contributed by atoms with Crippen molar-refractivity contribution in [1.29, 1.82) is 0 Å². The van der Waals surface area contributed by atoms with Crippen molar-refractivity contribution in [3.63, 3.8) is 0 Å². The number of hydrogen-bond acceptors (Lipinski definition) is 13. The van der Waals surface area contributed by atoms with Gasteiger partial charge in [-0.1, -0.05) is 29.7 Å². The summed E-state index contributed by atoms with van der Waals surface area (Å²) >= 11 is 0. The van der Waals surface area contributed by atoms with E-state index in [0.717, 1.165) is 10.9 Å². The number of ether oxygens (including phenoxy) is 7. The molecule has 0 spiro atoms. The van der Waals surface area contributed by atoms with Crippen LogP contribution in [-0.4, -0.2) is 109 Å². The van der Waals surface area contributed by atoms with Crippen LogP contribution in [-0.2, 0) is 28.4 Å². The van der Waals surface area contributed by atoms with E-state index in [-0.39, 0.29) is 17.9 Å². The number of hydrogen-bond donors (Lipinski definition) is 4. The summed E-state index contributed by atoms with van der Waals surface area (Å²) in [4.78, 5) is 25.7. The first-order valence-electron chi connectivity index (χ1n) is 15.4. The molecular formula is C35H33NO12. The van der Waals surface area contributed by atoms with Gasteiger partial charge in [-0.05, 0) is 62.2 Å². The molecule has 3 fully saturated rings. The summed E-state index contributed by atoms with van der Waals surface area (Å²) in [5.74, 6) is 11.4. The quantitative estimate of drug-likeness (QED) is 0.191. The van der Waals surface area contributed by atoms with E-state index in [1.165, 1.54) is 13.2 Å². The van der Waals surface area contributed by atoms with E-state index < -0.39 is 72.8 Å². The number of allylic oxidation sites excluding steroid dienone is 1. The van der Waals surface area contributed by atoms with Crippen LogP contribution in [0.25, 0.3) is 10.8 Å². The molecule has 0 radical (unpaired) electrons. The molecule has 2 aromatic carbocycles. The molecule has 3 heterocycles. The van der Waals surface area contributed by atoms with Crippen LogP contribution < -0.4 is 10.1 Å². The summed E-state index contributed by atoms with van der Waals surface area (Å²) in [6.45, 7) is 3.42. The van der Waals surface area contributed by atoms with Crippen LogP contribution in [0.5, 0.6) is 11.5 Å². The fourth-order valence-corrected chi connectivity index (χ4v) is 6.50. The van der Waals surface area contributed by atoms with E-state index in [4.69, 9.17) is 33.2 Å². The SMILES string of the molecule is CNC1C(OC2C3=CC#CC4OC4(C4COC(=O)O4)C#CC3=CC2OC(=O)c2c(O)ccc3c(C)cc(OC)cc23)OC(C)C(O)C1O. The number of phenolic OH excluding ortho intramolecular Hbond substituents is 1. The standard InChI is InChI=1S/C35H33NO12/c1-16-12-19(42-4)14-22-20(16)8-9-23(37)27(22)32(40)45-24-13-18-10-11-35(26-15-43-34(41)46-26)25(48-35)7-5-6-21(18)31(24)47-33-28(36-3)30(39)29(38)17(2)44-33/h6,8-9,12-14,17,24-26,28-31,33,36-39H,15H2,1-4H3. The number of benzene rings is 2. The van der Waals surface area contributed by atoms with Crippen molar-refractivity contribution in [2.24, 2.45) is 0 Å². The van der Waals surface area contributed by atoms with Crippen LogP contribution in [0, 0.1) is 30.6 Å². The molecule has 13 nitrogen and oxygen atoms in total. The van der Waals surface area contributed by atoms with Crippen molar-refractivity contribution in [3.05, 3.63) is 58.7 Å². The number of esters is 1. The Morgan fingerprint density at radius 1 is 1.17 bits per heavy atom. The molecule has 2 aliphatic carbocycles. The zero-order valence-corrected chi connectivity index (χ0v) is 26.4. The summed E-state index contributed by atoms with van der Waals surface area (Å²) < 4.78 is 40.0. The van der Waals surface area contributed by atoms with Gasteiger partial charge in [-0.3, -0.25) is 0 Å². The maximum atomic E-state index is 14.0. The van der Waals surface area contributed by atoms with E-state index in [2.05, 4.69) is 29.0 Å². The van der Waals surface area contributed by atoms with E-state index >= 15 is 0 Å². The van der Waals surface area contributed by atoms with Gasteiger partial charge in [0.15, 0.2) is 24.6 Å². The van der Waals surface area contributed by atoms with Gasteiger partial charge in [0.1, 0.15) is 42.0 Å². The lowest BCUT2D eigenvalue weighted by atomic mass is 9.97. The number of methoxy groups -OCH3 is 1. The minimum Gasteiger partial charge on any atom is -0.507 e. The molecule has 7 rings (SSSR count). The summed E-state index contributed by atoms with van der Waals surface area (Å²) in [5, 5.41) is 36.3. The number of rotatable bonds is 7. The minimum absolute atomic E-state index is 0.0490. The zero-order chi connectivity index (χ0) is 33.9. The second kappa shape index (κ2) is 12.1. The number of fused-ring (bicyclic) bond motifs is 3. The van der Waals surface area contributed by atoms with Crippen molar-refractivity contribution in [3.8, 4) is 35.2 Å². The first-order chi connectivity index (χ1) is 23.0. The number of carbonyl (C=O) groups excluding carboxylic acids is 2. The van der Waals surface area contributed by atoms with Crippen molar-refractivity contribution in [1.82, 2.24) is 5.32 Å². The summed E-state index contributed by atoms with van der Waals surface area (Å²) in [6.07, 6.45) is -5.56. The number of nitrogens with one attached hydrogen (secondary N) is 1. The van der Waals surface area contributed by atoms with Crippen molar-refractivity contribution >= 4 is 22.9 Å². The maximum absolute atomic E-state index is 14.0. The van der Waals surface area contributed by atoms with Crippen LogP contribution >= 0.6 is 0 Å².